The van der Waals surface area contributed by atoms with E-state index in [0.717, 1.165) is 84.5 Å². The molecule has 3 aromatic heterocycles. The smallest absolute Gasteiger partial charge is 0.0793 e. The van der Waals surface area contributed by atoms with Crippen LogP contribution in [0, 0.1) is 5.92 Å². The molecule has 0 radical (unpaired) electrons. The van der Waals surface area contributed by atoms with Crippen molar-refractivity contribution in [3.05, 3.63) is 146 Å². The molecule has 9 heterocycles. The van der Waals surface area contributed by atoms with Gasteiger partial charge in [0.05, 0.1) is 12.8 Å². The van der Waals surface area contributed by atoms with Gasteiger partial charge < -0.3 is 68.8 Å². The highest BCUT2D eigenvalue weighted by Gasteiger charge is 2.22. The van der Waals surface area contributed by atoms with Crippen molar-refractivity contribution >= 4 is 11.4 Å². The van der Waals surface area contributed by atoms with Crippen LogP contribution in [0.15, 0.2) is 135 Å². The van der Waals surface area contributed by atoms with Crippen LogP contribution in [-0.4, -0.2) is 473 Å². The number of likely N-dealkylation sites (tertiary alicyclic amines) is 1. The summed E-state index contributed by atoms with van der Waals surface area (Å²) in [6.07, 6.45) is 28.5. The van der Waals surface area contributed by atoms with Gasteiger partial charge in [-0.05, 0) is 328 Å². The van der Waals surface area contributed by atoms with E-state index in [0.29, 0.717) is 6.04 Å². The molecular formula is C100H201N23O. The molecule has 1 N–H and O–H groups in total. The summed E-state index contributed by atoms with van der Waals surface area (Å²) < 4.78 is 0. The van der Waals surface area contributed by atoms with Crippen molar-refractivity contribution in [1.82, 2.24) is 103 Å². The molecule has 6 fully saturated rings. The van der Waals surface area contributed by atoms with Crippen molar-refractivity contribution in [2.24, 2.45) is 5.92 Å². The van der Waals surface area contributed by atoms with Crippen LogP contribution < -0.4 is 9.80 Å². The van der Waals surface area contributed by atoms with Crippen molar-refractivity contribution < 1.29 is 5.11 Å². The Labute approximate surface area is 768 Å². The Morgan fingerprint density at radius 2 is 0.702 bits per heavy atom. The van der Waals surface area contributed by atoms with Crippen molar-refractivity contribution in [3.63, 3.8) is 0 Å². The first-order chi connectivity index (χ1) is 57.1. The Balaban J connectivity index is -0.000000424. The number of benzene rings is 2. The van der Waals surface area contributed by atoms with Crippen LogP contribution >= 0.6 is 0 Å². The lowest BCUT2D eigenvalue weighted by Gasteiger charge is -2.41. The van der Waals surface area contributed by atoms with Crippen LogP contribution in [0.3, 0.4) is 0 Å². The molecule has 0 amide bonds. The van der Waals surface area contributed by atoms with E-state index in [1.165, 1.54) is 190 Å². The normalized spacial score (nSPS) is 16.1. The molecule has 6 aliphatic heterocycles. The first-order valence-corrected chi connectivity index (χ1v) is 45.0. The van der Waals surface area contributed by atoms with E-state index in [1.54, 1.807) is 24.8 Å². The highest BCUT2D eigenvalue weighted by Crippen LogP contribution is 2.25. The quantitative estimate of drug-likeness (QED) is 0.0333. The van der Waals surface area contributed by atoms with E-state index in [-0.39, 0.29) is 35.8 Å². The number of pyridine rings is 2. The summed E-state index contributed by atoms with van der Waals surface area (Å²) in [6.45, 7) is 44.5. The Morgan fingerprint density at radius 3 is 0.968 bits per heavy atom. The predicted molar refractivity (Wildman–Crippen MR) is 550 cm³/mol. The number of piperazine rings is 5. The van der Waals surface area contributed by atoms with Gasteiger partial charge in [-0.25, -0.2) is 0 Å². The molecule has 2 aromatic carbocycles. The maximum absolute atomic E-state index is 9.31. The second-order valence-electron chi connectivity index (χ2n) is 35.3. The second-order valence-corrected chi connectivity index (χ2v) is 35.3. The average molecular weight is 1740 g/mol. The average Bonchev–Trinajstić information content (AvgIpc) is 0.844. The molecule has 24 heteroatoms. The van der Waals surface area contributed by atoms with Crippen molar-refractivity contribution in [1.29, 1.82) is 0 Å². The Bertz CT molecular complexity index is 2800. The van der Waals surface area contributed by atoms with Crippen molar-refractivity contribution in [3.8, 4) is 11.1 Å². The number of hydrogen-bond donors (Lipinski definition) is 1. The molecule has 722 valence electrons. The van der Waals surface area contributed by atoms with Gasteiger partial charge in [-0.3, -0.25) is 49.3 Å². The zero-order valence-electron chi connectivity index (χ0n) is 82.6. The van der Waals surface area contributed by atoms with Gasteiger partial charge in [-0.15, -0.1) is 0 Å². The molecule has 1 unspecified atom stereocenters. The van der Waals surface area contributed by atoms with Gasteiger partial charge in [0.2, 0.25) is 0 Å². The Hall–Kier alpha value is -5.56. The van der Waals surface area contributed by atoms with Crippen molar-refractivity contribution in [2.75, 3.05) is 362 Å². The first-order valence-electron chi connectivity index (χ1n) is 45.0. The van der Waals surface area contributed by atoms with Crippen molar-refractivity contribution in [2.45, 2.75) is 128 Å². The van der Waals surface area contributed by atoms with Crippen LogP contribution in [-0.2, 0) is 12.8 Å². The summed E-state index contributed by atoms with van der Waals surface area (Å²) in [5.74, 6) is 1.01. The topological polar surface area (TPSA) is 133 Å². The molecule has 0 saturated carbocycles. The molecule has 6 aliphatic rings. The number of rotatable bonds is 31. The van der Waals surface area contributed by atoms with Gasteiger partial charge in [0.15, 0.2) is 0 Å². The van der Waals surface area contributed by atoms with E-state index in [1.807, 2.05) is 62.8 Å². The standard InChI is InChI=1S/C16H20N2.C14H29N3.C13H14N2.C9H22N2.C8H20N2.C8H18N2.C7H18N2O.C6H12N2.C6H14N2.C5H14N2.C4H4N2.4CH4/c1-17(2)15-9-5-13(6-10-15)14-7-11-16(12-8-14)18(3)4;1-15-8-5-14(6-9-15)4-3-7-17-12-10-16(2)11-13-17;1(2-12-4-8-14-9-5-12)3-13-6-10-15-11-7-13;1-5-10(6-2)9-11(7-3)8-4;1-8(10(4)5)6-7-9(2)3;1-9(2)7-5-6-8-10(3)4;1-8(2)5-7(10)6-9(3)4;1-2-8-5-3-7(1)4-6-8;1-7-3-5-8(2)6-4-7;1-6(2)5-7(3)4;1-2-6-4-3-5-1;;;;/h5-12H,1-4H3;14H,3-13H2,1-2H3;4-11H,1-3H2;5-9H2,1-4H3;8H,6-7H2,1-5H3;5-6H,7-8H2,1-4H3;7,10H,5-6H2,1-4H3;1-6H2;3-6H2,1-2H3;5H2,1-4H3;1-4H;4*1H4/b;;;;;6-5+;;;;;;;;;. The summed E-state index contributed by atoms with van der Waals surface area (Å²) in [5.41, 5.74) is 7.68. The number of hydrogen-bond acceptors (Lipinski definition) is 24. The maximum Gasteiger partial charge on any atom is 0.0793 e. The van der Waals surface area contributed by atoms with E-state index >= 15 is 0 Å². The second kappa shape index (κ2) is 80.7. The number of aliphatic hydroxyl groups is 1. The van der Waals surface area contributed by atoms with E-state index in [9.17, 15) is 5.11 Å². The fraction of sp³-hybridized carbons (Fsp3) is 0.720. The number of aromatic nitrogens is 4. The summed E-state index contributed by atoms with van der Waals surface area (Å²) in [5, 5.41) is 9.31. The zero-order chi connectivity index (χ0) is 90.0. The van der Waals surface area contributed by atoms with Crippen LogP contribution in [0.5, 0.6) is 0 Å². The first kappa shape index (κ1) is 127. The minimum Gasteiger partial charge on any atom is -0.390 e. The molecule has 6 saturated heterocycles. The number of anilines is 2. The van der Waals surface area contributed by atoms with E-state index in [4.69, 9.17) is 0 Å². The monoisotopic (exact) mass is 1740 g/mol. The fourth-order valence-electron chi connectivity index (χ4n) is 13.1. The number of likely N-dealkylation sites (N-methyl/N-ethyl adjacent to an activating group) is 7. The van der Waals surface area contributed by atoms with Crippen LogP contribution in [0.4, 0.5) is 11.4 Å². The SMILES string of the molecule is C.C.C.C.C1CN2CCN1CC2.CC(CCN(C)C)N(C)C.CCN(CC)CN(CC)CC.CN(C)C/C=C/CN(C)C.CN(C)CC(O)CN(C)C.CN(C)CN(C)C.CN(C)c1ccc(-c2ccc(N(C)C)cc2)cc1.CN1CCC(CCCN2CCN(C)CC2)CC1.CN1CCN(C)CC1.c1cc(CCCc2ccncc2)ccn1.c1cnccn1. The third-order valence-electron chi connectivity index (χ3n) is 21.3. The van der Waals surface area contributed by atoms with Gasteiger partial charge >= 0.3 is 0 Å². The highest BCUT2D eigenvalue weighted by atomic mass is 16.3. The molecule has 124 heavy (non-hydrogen) atoms. The lowest BCUT2D eigenvalue weighted by Crippen LogP contribution is -2.55. The summed E-state index contributed by atoms with van der Waals surface area (Å²) in [4.78, 5) is 58.9. The minimum absolute atomic E-state index is 0. The number of piperidine rings is 1. The number of fused-ring (bicyclic) bond motifs is 3. The molecule has 0 spiro atoms. The number of aliphatic hydroxyl groups excluding tert-OH is 1. The summed E-state index contributed by atoms with van der Waals surface area (Å²) in [6, 6.07) is 26.3. The minimum atomic E-state index is -0.231. The molecule has 0 aliphatic carbocycles. The van der Waals surface area contributed by atoms with Gasteiger partial charge in [-0.1, -0.05) is 93.8 Å². The summed E-state index contributed by atoms with van der Waals surface area (Å²) >= 11 is 0. The molecule has 2 bridgehead atoms. The highest BCUT2D eigenvalue weighted by molar-refractivity contribution is 5.68. The largest absolute Gasteiger partial charge is 0.390 e. The molecule has 11 rings (SSSR count). The number of nitrogens with zero attached hydrogens (tertiary/aromatic N) is 23. The van der Waals surface area contributed by atoms with Gasteiger partial charge in [0.1, 0.15) is 0 Å². The lowest BCUT2D eigenvalue weighted by molar-refractivity contribution is 0.0647. The maximum atomic E-state index is 9.31. The zero-order valence-corrected chi connectivity index (χ0v) is 82.6. The fourth-order valence-corrected chi connectivity index (χ4v) is 13.1. The molecule has 24 nitrogen and oxygen atoms in total. The van der Waals surface area contributed by atoms with E-state index in [2.05, 4.69) is 364 Å². The summed E-state index contributed by atoms with van der Waals surface area (Å²) in [7, 11) is 49.9. The van der Waals surface area contributed by atoms with Crippen LogP contribution in [0.1, 0.15) is 114 Å². The third-order valence-corrected chi connectivity index (χ3v) is 21.3. The Morgan fingerprint density at radius 1 is 0.379 bits per heavy atom. The van der Waals surface area contributed by atoms with Gasteiger partial charge in [-0.2, -0.15) is 0 Å². The molecule has 1 atom stereocenters. The lowest BCUT2D eigenvalue weighted by atomic mass is 9.92. The van der Waals surface area contributed by atoms with E-state index < -0.39 is 0 Å². The van der Waals surface area contributed by atoms with Gasteiger partial charge in [0.25, 0.3) is 0 Å². The van der Waals surface area contributed by atoms with Crippen LogP contribution in [0.2, 0.25) is 0 Å². The van der Waals surface area contributed by atoms with Gasteiger partial charge in [0, 0.05) is 220 Å². The molecular weight excluding hydrogens is 1540 g/mol. The predicted octanol–water partition coefficient (Wildman–Crippen LogP) is 12.7. The van der Waals surface area contributed by atoms with Crippen LogP contribution in [0.25, 0.3) is 11.1 Å². The molecule has 5 aromatic rings. The third kappa shape index (κ3) is 73.4. The Kier molecular flexibility index (Phi) is 82.6. The number of aryl methyl sites for hydroxylation is 2.